The van der Waals surface area contributed by atoms with E-state index < -0.39 is 11.9 Å². The Labute approximate surface area is 181 Å². The zero-order chi connectivity index (χ0) is 21.3. The van der Waals surface area contributed by atoms with E-state index in [0.717, 1.165) is 28.0 Å². The zero-order valence-corrected chi connectivity index (χ0v) is 17.6. The Balaban J connectivity index is 1.79. The molecule has 1 N–H and O–H groups in total. The number of ether oxygens (including phenoxy) is 1. The average Bonchev–Trinajstić information content (AvgIpc) is 3.00. The maximum atomic E-state index is 13.1. The lowest BCUT2D eigenvalue weighted by Gasteiger charge is -2.27. The highest BCUT2D eigenvalue weighted by molar-refractivity contribution is 6.30. The van der Waals surface area contributed by atoms with Crippen LogP contribution >= 0.6 is 11.6 Å². The second kappa shape index (κ2) is 8.25. The molecule has 4 nitrogen and oxygen atoms in total. The quantitative estimate of drug-likeness (QED) is 0.576. The van der Waals surface area contributed by atoms with Crippen LogP contribution < -0.4 is 4.74 Å². The van der Waals surface area contributed by atoms with Gasteiger partial charge in [0, 0.05) is 17.1 Å². The first-order valence-electron chi connectivity index (χ1n) is 9.67. The van der Waals surface area contributed by atoms with Crippen LogP contribution in [0.4, 0.5) is 0 Å². The number of benzene rings is 3. The van der Waals surface area contributed by atoms with E-state index in [9.17, 15) is 9.90 Å². The van der Waals surface area contributed by atoms with Crippen molar-refractivity contribution in [3.05, 3.63) is 106 Å². The van der Waals surface area contributed by atoms with Crippen LogP contribution in [0.25, 0.3) is 5.57 Å². The molecule has 0 spiro atoms. The van der Waals surface area contributed by atoms with Gasteiger partial charge in [0.2, 0.25) is 0 Å². The molecule has 0 saturated heterocycles. The molecule has 3 aromatic rings. The van der Waals surface area contributed by atoms with Crippen molar-refractivity contribution in [2.45, 2.75) is 19.5 Å². The molecular formula is C25H22ClNO3. The lowest BCUT2D eigenvalue weighted by atomic mass is 9.93. The molecule has 152 valence electrons. The third kappa shape index (κ3) is 3.79. The van der Waals surface area contributed by atoms with Gasteiger partial charge in [0.25, 0.3) is 5.91 Å². The van der Waals surface area contributed by atoms with Gasteiger partial charge in [0.1, 0.15) is 5.75 Å². The van der Waals surface area contributed by atoms with Gasteiger partial charge in [-0.1, -0.05) is 65.7 Å². The van der Waals surface area contributed by atoms with Crippen molar-refractivity contribution in [1.29, 1.82) is 0 Å². The molecule has 4 rings (SSSR count). The number of aliphatic hydroxyl groups excluding tert-OH is 1. The summed E-state index contributed by atoms with van der Waals surface area (Å²) >= 11 is 6.09. The molecule has 1 amide bonds. The van der Waals surface area contributed by atoms with Crippen LogP contribution in [0.3, 0.4) is 0 Å². The zero-order valence-electron chi connectivity index (χ0n) is 16.8. The molecule has 0 radical (unpaired) electrons. The Kier molecular flexibility index (Phi) is 5.51. The summed E-state index contributed by atoms with van der Waals surface area (Å²) in [7, 11) is 1.61. The van der Waals surface area contributed by atoms with E-state index in [1.807, 2.05) is 67.6 Å². The molecular weight excluding hydrogens is 398 g/mol. The number of hydrogen-bond donors (Lipinski definition) is 1. The number of aliphatic hydroxyl groups is 1. The molecule has 0 bridgehead atoms. The lowest BCUT2D eigenvalue weighted by Crippen LogP contribution is -2.29. The fourth-order valence-corrected chi connectivity index (χ4v) is 3.93. The number of nitrogens with zero attached hydrogens (tertiary/aromatic N) is 1. The van der Waals surface area contributed by atoms with Gasteiger partial charge in [-0.25, -0.2) is 0 Å². The number of carbonyl (C=O) groups excluding carboxylic acids is 1. The summed E-state index contributed by atoms with van der Waals surface area (Å²) in [4.78, 5) is 14.8. The molecule has 1 atom stereocenters. The summed E-state index contributed by atoms with van der Waals surface area (Å²) in [6.45, 7) is 2.34. The number of halogens is 1. The fraction of sp³-hybridized carbons (Fsp3) is 0.160. The Morgan fingerprint density at radius 2 is 1.73 bits per heavy atom. The summed E-state index contributed by atoms with van der Waals surface area (Å²) in [5.41, 5.74) is 4.33. The van der Waals surface area contributed by atoms with Crippen molar-refractivity contribution in [1.82, 2.24) is 4.90 Å². The summed E-state index contributed by atoms with van der Waals surface area (Å²) in [5.74, 6) is 0.105. The SMILES string of the molecule is COc1cccc(CN2C(=O)C(O)=C(c3ccc(C)cc3)[C@@H]2c2ccc(Cl)cc2)c1. The van der Waals surface area contributed by atoms with Crippen molar-refractivity contribution in [3.8, 4) is 5.75 Å². The molecule has 30 heavy (non-hydrogen) atoms. The molecule has 0 aromatic heterocycles. The van der Waals surface area contributed by atoms with E-state index in [0.29, 0.717) is 17.1 Å². The van der Waals surface area contributed by atoms with Crippen LogP contribution in [0.1, 0.15) is 28.3 Å². The van der Waals surface area contributed by atoms with Gasteiger partial charge in [-0.05, 0) is 47.9 Å². The average molecular weight is 420 g/mol. The van der Waals surface area contributed by atoms with E-state index in [1.165, 1.54) is 0 Å². The van der Waals surface area contributed by atoms with Crippen LogP contribution in [-0.4, -0.2) is 23.0 Å². The minimum atomic E-state index is -0.427. The smallest absolute Gasteiger partial charge is 0.290 e. The number of carbonyl (C=O) groups is 1. The van der Waals surface area contributed by atoms with Gasteiger partial charge in [-0.15, -0.1) is 0 Å². The van der Waals surface area contributed by atoms with Crippen LogP contribution in [0.15, 0.2) is 78.6 Å². The van der Waals surface area contributed by atoms with Crippen molar-refractivity contribution in [3.63, 3.8) is 0 Å². The predicted octanol–water partition coefficient (Wildman–Crippen LogP) is 5.71. The number of hydrogen-bond acceptors (Lipinski definition) is 3. The highest BCUT2D eigenvalue weighted by Gasteiger charge is 2.41. The van der Waals surface area contributed by atoms with Gasteiger partial charge < -0.3 is 14.7 Å². The monoisotopic (exact) mass is 419 g/mol. The number of rotatable bonds is 5. The second-order valence-electron chi connectivity index (χ2n) is 7.37. The summed E-state index contributed by atoms with van der Waals surface area (Å²) in [5, 5.41) is 11.5. The van der Waals surface area contributed by atoms with Crippen molar-refractivity contribution < 1.29 is 14.6 Å². The van der Waals surface area contributed by atoms with E-state index in [1.54, 1.807) is 24.1 Å². The summed E-state index contributed by atoms with van der Waals surface area (Å²) in [6, 6.07) is 22.4. The Bertz CT molecular complexity index is 1100. The minimum Gasteiger partial charge on any atom is -0.503 e. The molecule has 5 heteroatoms. The second-order valence-corrected chi connectivity index (χ2v) is 7.80. The normalized spacial score (nSPS) is 16.3. The highest BCUT2D eigenvalue weighted by atomic mass is 35.5. The van der Waals surface area contributed by atoms with Crippen molar-refractivity contribution in [2.75, 3.05) is 7.11 Å². The molecule has 0 fully saturated rings. The molecule has 0 unspecified atom stereocenters. The predicted molar refractivity (Wildman–Crippen MR) is 118 cm³/mol. The summed E-state index contributed by atoms with van der Waals surface area (Å²) in [6.07, 6.45) is 0. The van der Waals surface area contributed by atoms with Crippen molar-refractivity contribution in [2.24, 2.45) is 0 Å². The van der Waals surface area contributed by atoms with Gasteiger partial charge in [0.15, 0.2) is 5.76 Å². The Hall–Kier alpha value is -3.24. The summed E-state index contributed by atoms with van der Waals surface area (Å²) < 4.78 is 5.32. The third-order valence-corrected chi connectivity index (χ3v) is 5.59. The Morgan fingerprint density at radius 1 is 1.03 bits per heavy atom. The maximum Gasteiger partial charge on any atom is 0.290 e. The number of amides is 1. The van der Waals surface area contributed by atoms with Crippen molar-refractivity contribution >= 4 is 23.1 Å². The van der Waals surface area contributed by atoms with Gasteiger partial charge in [0.05, 0.1) is 13.2 Å². The first-order chi connectivity index (χ1) is 14.5. The number of aryl methyl sites for hydroxylation is 1. The van der Waals surface area contributed by atoms with Crippen LogP contribution in [-0.2, 0) is 11.3 Å². The van der Waals surface area contributed by atoms with Gasteiger partial charge >= 0.3 is 0 Å². The Morgan fingerprint density at radius 3 is 2.40 bits per heavy atom. The molecule has 1 aliphatic rings. The van der Waals surface area contributed by atoms with E-state index in [4.69, 9.17) is 16.3 Å². The van der Waals surface area contributed by atoms with Crippen LogP contribution in [0.5, 0.6) is 5.75 Å². The maximum absolute atomic E-state index is 13.1. The largest absolute Gasteiger partial charge is 0.503 e. The fourth-order valence-electron chi connectivity index (χ4n) is 3.80. The third-order valence-electron chi connectivity index (χ3n) is 5.34. The van der Waals surface area contributed by atoms with Gasteiger partial charge in [-0.2, -0.15) is 0 Å². The first kappa shape index (κ1) is 20.0. The number of methoxy groups -OCH3 is 1. The standard InChI is InChI=1S/C25H22ClNO3/c1-16-6-8-18(9-7-16)22-23(19-10-12-20(26)13-11-19)27(25(29)24(22)28)15-17-4-3-5-21(14-17)30-2/h3-14,23,28H,15H2,1-2H3/t23-/m0/s1. The van der Waals surface area contributed by atoms with E-state index in [2.05, 4.69) is 0 Å². The van der Waals surface area contributed by atoms with Crippen LogP contribution in [0.2, 0.25) is 5.02 Å². The highest BCUT2D eigenvalue weighted by Crippen LogP contribution is 2.44. The topological polar surface area (TPSA) is 49.8 Å². The van der Waals surface area contributed by atoms with E-state index in [-0.39, 0.29) is 5.76 Å². The van der Waals surface area contributed by atoms with Gasteiger partial charge in [-0.3, -0.25) is 4.79 Å². The first-order valence-corrected chi connectivity index (χ1v) is 10.1. The van der Waals surface area contributed by atoms with Crippen LogP contribution in [0, 0.1) is 6.92 Å². The minimum absolute atomic E-state index is 0.221. The molecule has 1 aliphatic heterocycles. The molecule has 1 heterocycles. The van der Waals surface area contributed by atoms with E-state index >= 15 is 0 Å². The molecule has 0 aliphatic carbocycles. The molecule has 0 saturated carbocycles. The lowest BCUT2D eigenvalue weighted by molar-refractivity contribution is -0.130. The molecule has 3 aromatic carbocycles.